The summed E-state index contributed by atoms with van der Waals surface area (Å²) in [5.41, 5.74) is 0.0433. The Balaban J connectivity index is 1.84. The maximum absolute atomic E-state index is 12.7. The molecule has 1 aromatic carbocycles. The summed E-state index contributed by atoms with van der Waals surface area (Å²) in [6.45, 7) is 0.364. The number of carboxylic acid groups (broad SMARTS) is 1. The third kappa shape index (κ3) is 3.68. The maximum atomic E-state index is 12.7. The molecule has 0 aliphatic rings. The first-order valence-electron chi connectivity index (χ1n) is 5.85. The fourth-order valence-electron chi connectivity index (χ4n) is 1.51. The van der Waals surface area contributed by atoms with Gasteiger partial charge < -0.3 is 14.6 Å². The van der Waals surface area contributed by atoms with E-state index in [-0.39, 0.29) is 30.3 Å². The lowest BCUT2D eigenvalue weighted by atomic mass is 10.2. The smallest absolute Gasteiger partial charge is 0.339 e. The highest BCUT2D eigenvalue weighted by Gasteiger charge is 2.10. The van der Waals surface area contributed by atoms with E-state index >= 15 is 0 Å². The SMILES string of the molecule is O=C(O)c1ccncc1OCCOc1ccc(F)cc1. The molecule has 2 aromatic rings. The molecule has 0 atom stereocenters. The standard InChI is InChI=1S/C14H12FNO4/c15-10-1-3-11(4-2-10)19-7-8-20-13-9-16-6-5-12(13)14(17)18/h1-6,9H,7-8H2,(H,17,18). The minimum absolute atomic E-state index is 0.0433. The number of rotatable bonds is 6. The van der Waals surface area contributed by atoms with Gasteiger partial charge in [0.05, 0.1) is 6.20 Å². The minimum atomic E-state index is -1.08. The lowest BCUT2D eigenvalue weighted by Gasteiger charge is -2.09. The largest absolute Gasteiger partial charge is 0.490 e. The predicted molar refractivity (Wildman–Crippen MR) is 68.6 cm³/mol. The van der Waals surface area contributed by atoms with Crippen LogP contribution in [-0.4, -0.2) is 29.3 Å². The number of benzene rings is 1. The van der Waals surface area contributed by atoms with Crippen molar-refractivity contribution in [3.8, 4) is 11.5 Å². The first kappa shape index (κ1) is 13.8. The van der Waals surface area contributed by atoms with E-state index in [4.69, 9.17) is 14.6 Å². The van der Waals surface area contributed by atoms with Gasteiger partial charge in [0.2, 0.25) is 0 Å². The van der Waals surface area contributed by atoms with Gasteiger partial charge in [0.1, 0.15) is 30.3 Å². The molecular weight excluding hydrogens is 265 g/mol. The highest BCUT2D eigenvalue weighted by molar-refractivity contribution is 5.90. The number of carbonyl (C=O) groups is 1. The monoisotopic (exact) mass is 277 g/mol. The lowest BCUT2D eigenvalue weighted by molar-refractivity contribution is 0.0691. The van der Waals surface area contributed by atoms with E-state index in [2.05, 4.69) is 4.98 Å². The Morgan fingerprint density at radius 2 is 1.85 bits per heavy atom. The van der Waals surface area contributed by atoms with Gasteiger partial charge >= 0.3 is 5.97 Å². The second kappa shape index (κ2) is 6.51. The number of ether oxygens (including phenoxy) is 2. The maximum Gasteiger partial charge on any atom is 0.339 e. The molecule has 0 saturated heterocycles. The van der Waals surface area contributed by atoms with Crippen molar-refractivity contribution in [2.24, 2.45) is 0 Å². The first-order valence-corrected chi connectivity index (χ1v) is 5.85. The van der Waals surface area contributed by atoms with Gasteiger partial charge in [0.15, 0.2) is 5.75 Å². The number of carboxylic acids is 1. The Hall–Kier alpha value is -2.63. The molecule has 1 N–H and O–H groups in total. The second-order valence-electron chi connectivity index (χ2n) is 3.83. The number of hydrogen-bond donors (Lipinski definition) is 1. The van der Waals surface area contributed by atoms with Crippen molar-refractivity contribution < 1.29 is 23.8 Å². The highest BCUT2D eigenvalue weighted by Crippen LogP contribution is 2.16. The molecule has 0 unspecified atom stereocenters. The fraction of sp³-hybridized carbons (Fsp3) is 0.143. The molecular formula is C14H12FNO4. The summed E-state index contributed by atoms with van der Waals surface area (Å²) < 4.78 is 23.3. The molecule has 0 radical (unpaired) electrons. The average molecular weight is 277 g/mol. The van der Waals surface area contributed by atoms with Crippen LogP contribution in [0.4, 0.5) is 4.39 Å². The number of aromatic carboxylic acids is 1. The lowest BCUT2D eigenvalue weighted by Crippen LogP contribution is -2.11. The number of aromatic nitrogens is 1. The van der Waals surface area contributed by atoms with Gasteiger partial charge in [-0.25, -0.2) is 9.18 Å². The van der Waals surface area contributed by atoms with Crippen LogP contribution in [0.3, 0.4) is 0 Å². The summed E-state index contributed by atoms with van der Waals surface area (Å²) in [4.78, 5) is 14.7. The van der Waals surface area contributed by atoms with Crippen LogP contribution >= 0.6 is 0 Å². The fourth-order valence-corrected chi connectivity index (χ4v) is 1.51. The van der Waals surface area contributed by atoms with Gasteiger partial charge in [-0.15, -0.1) is 0 Å². The zero-order valence-corrected chi connectivity index (χ0v) is 10.5. The van der Waals surface area contributed by atoms with E-state index < -0.39 is 5.97 Å². The summed E-state index contributed by atoms with van der Waals surface area (Å²) in [7, 11) is 0. The highest BCUT2D eigenvalue weighted by atomic mass is 19.1. The summed E-state index contributed by atoms with van der Waals surface area (Å²) >= 11 is 0. The van der Waals surface area contributed by atoms with E-state index in [1.165, 1.54) is 42.7 Å². The van der Waals surface area contributed by atoms with Crippen LogP contribution in [0.5, 0.6) is 11.5 Å². The second-order valence-corrected chi connectivity index (χ2v) is 3.83. The van der Waals surface area contributed by atoms with Gasteiger partial charge in [-0.1, -0.05) is 0 Å². The van der Waals surface area contributed by atoms with Crippen LogP contribution in [0.15, 0.2) is 42.7 Å². The van der Waals surface area contributed by atoms with Gasteiger partial charge in [0.25, 0.3) is 0 Å². The summed E-state index contributed by atoms with van der Waals surface area (Å²) in [6.07, 6.45) is 2.71. The van der Waals surface area contributed by atoms with E-state index in [1.54, 1.807) is 0 Å². The zero-order valence-electron chi connectivity index (χ0n) is 10.5. The molecule has 0 aliphatic carbocycles. The van der Waals surface area contributed by atoms with Crippen LogP contribution < -0.4 is 9.47 Å². The molecule has 0 amide bonds. The summed E-state index contributed by atoms with van der Waals surface area (Å²) in [5.74, 6) is -0.723. The quantitative estimate of drug-likeness (QED) is 0.821. The topological polar surface area (TPSA) is 68.7 Å². The third-order valence-corrected chi connectivity index (χ3v) is 2.44. The molecule has 6 heteroatoms. The van der Waals surface area contributed by atoms with Gasteiger partial charge in [-0.2, -0.15) is 0 Å². The van der Waals surface area contributed by atoms with Crippen LogP contribution in [0.1, 0.15) is 10.4 Å². The summed E-state index contributed by atoms with van der Waals surface area (Å²) in [6, 6.07) is 6.95. The van der Waals surface area contributed by atoms with Gasteiger partial charge in [0, 0.05) is 6.20 Å². The number of nitrogens with zero attached hydrogens (tertiary/aromatic N) is 1. The number of hydrogen-bond acceptors (Lipinski definition) is 4. The molecule has 5 nitrogen and oxygen atoms in total. The Morgan fingerprint density at radius 3 is 2.55 bits per heavy atom. The van der Waals surface area contributed by atoms with E-state index in [9.17, 15) is 9.18 Å². The number of halogens is 1. The molecule has 2 rings (SSSR count). The Kier molecular flexibility index (Phi) is 4.49. The van der Waals surface area contributed by atoms with Gasteiger partial charge in [-0.3, -0.25) is 4.98 Å². The van der Waals surface area contributed by atoms with Crippen molar-refractivity contribution in [2.75, 3.05) is 13.2 Å². The Bertz CT molecular complexity index is 586. The van der Waals surface area contributed by atoms with E-state index in [0.29, 0.717) is 5.75 Å². The van der Waals surface area contributed by atoms with Crippen molar-refractivity contribution in [1.29, 1.82) is 0 Å². The minimum Gasteiger partial charge on any atom is -0.490 e. The molecule has 20 heavy (non-hydrogen) atoms. The average Bonchev–Trinajstić information content (AvgIpc) is 2.46. The molecule has 0 bridgehead atoms. The Morgan fingerprint density at radius 1 is 1.15 bits per heavy atom. The number of pyridine rings is 1. The molecule has 1 aromatic heterocycles. The van der Waals surface area contributed by atoms with Crippen molar-refractivity contribution in [1.82, 2.24) is 4.98 Å². The molecule has 0 spiro atoms. The first-order chi connectivity index (χ1) is 9.66. The van der Waals surface area contributed by atoms with E-state index in [1.807, 2.05) is 0 Å². The normalized spacial score (nSPS) is 10.1. The van der Waals surface area contributed by atoms with Crippen molar-refractivity contribution in [3.63, 3.8) is 0 Å². The van der Waals surface area contributed by atoms with Crippen LogP contribution in [0.25, 0.3) is 0 Å². The molecule has 0 saturated carbocycles. The van der Waals surface area contributed by atoms with Crippen molar-refractivity contribution >= 4 is 5.97 Å². The predicted octanol–water partition coefficient (Wildman–Crippen LogP) is 2.38. The summed E-state index contributed by atoms with van der Waals surface area (Å²) in [5, 5.41) is 8.95. The zero-order chi connectivity index (χ0) is 14.4. The van der Waals surface area contributed by atoms with Crippen LogP contribution in [0.2, 0.25) is 0 Å². The Labute approximate surface area is 114 Å². The molecule has 0 fully saturated rings. The van der Waals surface area contributed by atoms with Crippen LogP contribution in [-0.2, 0) is 0 Å². The van der Waals surface area contributed by atoms with Crippen molar-refractivity contribution in [3.05, 3.63) is 54.1 Å². The molecule has 1 heterocycles. The van der Waals surface area contributed by atoms with Crippen LogP contribution in [0, 0.1) is 5.82 Å². The third-order valence-electron chi connectivity index (χ3n) is 2.44. The molecule has 104 valence electrons. The van der Waals surface area contributed by atoms with E-state index in [0.717, 1.165) is 0 Å². The van der Waals surface area contributed by atoms with Crippen molar-refractivity contribution in [2.45, 2.75) is 0 Å². The molecule has 0 aliphatic heterocycles. The van der Waals surface area contributed by atoms with Gasteiger partial charge in [-0.05, 0) is 30.3 Å².